The number of likely N-dealkylation sites (tertiary alicyclic amines) is 1. The number of hydrogen-bond donors (Lipinski definition) is 3. The first-order valence-electron chi connectivity index (χ1n) is 17.8. The molecule has 0 saturated carbocycles. The van der Waals surface area contributed by atoms with Gasteiger partial charge in [0.2, 0.25) is 5.91 Å². The molecule has 3 N–H and O–H groups in total. The molecule has 2 atom stereocenters. The Hall–Kier alpha value is -4.71. The number of likely N-dealkylation sites (N-methyl/N-ethyl adjacent to an activating group) is 1. The third-order valence-electron chi connectivity index (χ3n) is 10.9. The van der Waals surface area contributed by atoms with Crippen LogP contribution in [0, 0.1) is 11.3 Å². The fraction of sp³-hybridized carbons (Fsp3) is 0.528. The molecule has 4 heterocycles. The van der Waals surface area contributed by atoms with Gasteiger partial charge in [-0.3, -0.25) is 14.4 Å². The molecule has 3 fully saturated rings. The van der Waals surface area contributed by atoms with Crippen LogP contribution in [0.25, 0.3) is 0 Å². The van der Waals surface area contributed by atoms with Gasteiger partial charge in [0.05, 0.1) is 18.0 Å². The zero-order chi connectivity index (χ0) is 34.7. The number of aromatic nitrogens is 4. The summed E-state index contributed by atoms with van der Waals surface area (Å²) in [6.45, 7) is 7.06. The molecule has 2 aromatic carbocycles. The van der Waals surface area contributed by atoms with Gasteiger partial charge in [0.1, 0.15) is 6.04 Å². The van der Waals surface area contributed by atoms with Gasteiger partial charge in [0.15, 0.2) is 5.82 Å². The number of aromatic amines is 1. The highest BCUT2D eigenvalue weighted by Crippen LogP contribution is 2.46. The highest BCUT2D eigenvalue weighted by Gasteiger charge is 2.45. The second-order valence-corrected chi connectivity index (χ2v) is 13.8. The summed E-state index contributed by atoms with van der Waals surface area (Å²) in [6, 6.07) is 13.8. The molecule has 3 aliphatic heterocycles. The summed E-state index contributed by atoms with van der Waals surface area (Å²) in [7, 11) is 2.07. The van der Waals surface area contributed by atoms with Crippen LogP contribution < -0.4 is 10.6 Å². The normalized spacial score (nSPS) is 22.4. The van der Waals surface area contributed by atoms with Crippen molar-refractivity contribution in [2.45, 2.75) is 43.6 Å². The molecule has 4 aliphatic rings. The maximum atomic E-state index is 13.7. The molecule has 2 unspecified atom stereocenters. The van der Waals surface area contributed by atoms with Crippen molar-refractivity contribution in [3.8, 4) is 6.07 Å². The number of amides is 3. The summed E-state index contributed by atoms with van der Waals surface area (Å²) in [5.74, 6) is 0.430. The topological polar surface area (TPSA) is 166 Å². The Bertz CT molecular complexity index is 1760. The molecule has 3 saturated heterocycles. The standard InChI is InChI=1S/C36H45N11O3/c1-44-17-19-46(20-18-44)34(50)28-7-9-31-26(22-28)5-4-25-21-27(33(49)45-15-12-38-13-16-45)6-8-30(25)36(31,35-40-42-43-41-35)10-11-39-24-32(48)47-14-2-3-29(47)23-37/h6-9,21-22,29,38-39H,2-5,10-20,24H2,1H3,(H,40,41,42,43). The van der Waals surface area contributed by atoms with E-state index in [4.69, 9.17) is 0 Å². The van der Waals surface area contributed by atoms with Crippen LogP contribution in [0.4, 0.5) is 0 Å². The minimum Gasteiger partial charge on any atom is -0.336 e. The van der Waals surface area contributed by atoms with Crippen LogP contribution in [0.3, 0.4) is 0 Å². The molecule has 3 amide bonds. The Morgan fingerprint density at radius 3 is 2.16 bits per heavy atom. The third kappa shape index (κ3) is 6.48. The summed E-state index contributed by atoms with van der Waals surface area (Å²) >= 11 is 0. The number of carbonyl (C=O) groups is 3. The van der Waals surface area contributed by atoms with Gasteiger partial charge in [-0.15, -0.1) is 10.2 Å². The van der Waals surface area contributed by atoms with Crippen LogP contribution in [0.5, 0.6) is 0 Å². The van der Waals surface area contributed by atoms with Crippen LogP contribution in [-0.2, 0) is 23.1 Å². The summed E-state index contributed by atoms with van der Waals surface area (Å²) in [5.41, 5.74) is 4.40. The molecular weight excluding hydrogens is 634 g/mol. The van der Waals surface area contributed by atoms with Gasteiger partial charge >= 0.3 is 0 Å². The van der Waals surface area contributed by atoms with Gasteiger partial charge in [0, 0.05) is 70.0 Å². The summed E-state index contributed by atoms with van der Waals surface area (Å²) in [4.78, 5) is 48.2. The zero-order valence-corrected chi connectivity index (χ0v) is 28.7. The van der Waals surface area contributed by atoms with Crippen molar-refractivity contribution in [1.82, 2.24) is 50.9 Å². The van der Waals surface area contributed by atoms with E-state index in [1.807, 2.05) is 46.2 Å². The van der Waals surface area contributed by atoms with Gasteiger partial charge in [-0.1, -0.05) is 17.3 Å². The Labute approximate surface area is 292 Å². The number of piperazine rings is 2. The zero-order valence-electron chi connectivity index (χ0n) is 28.7. The smallest absolute Gasteiger partial charge is 0.253 e. The lowest BCUT2D eigenvalue weighted by Gasteiger charge is -2.35. The molecule has 50 heavy (non-hydrogen) atoms. The quantitative estimate of drug-likeness (QED) is 0.287. The van der Waals surface area contributed by atoms with E-state index in [2.05, 4.69) is 49.3 Å². The first kappa shape index (κ1) is 33.8. The molecule has 0 spiro atoms. The van der Waals surface area contributed by atoms with Crippen LogP contribution in [0.1, 0.15) is 68.1 Å². The fourth-order valence-corrected chi connectivity index (χ4v) is 8.09. The van der Waals surface area contributed by atoms with Crippen LogP contribution in [0.15, 0.2) is 36.4 Å². The molecule has 1 aliphatic carbocycles. The number of hydrogen-bond acceptors (Lipinski definition) is 10. The third-order valence-corrected chi connectivity index (χ3v) is 10.9. The van der Waals surface area contributed by atoms with Crippen molar-refractivity contribution in [1.29, 1.82) is 5.26 Å². The second-order valence-electron chi connectivity index (χ2n) is 13.8. The number of rotatable bonds is 8. The minimum absolute atomic E-state index is 0.0130. The average Bonchev–Trinajstić information content (AvgIpc) is 3.86. The van der Waals surface area contributed by atoms with Crippen molar-refractivity contribution >= 4 is 17.7 Å². The van der Waals surface area contributed by atoms with E-state index >= 15 is 0 Å². The maximum Gasteiger partial charge on any atom is 0.253 e. The van der Waals surface area contributed by atoms with Gasteiger partial charge < -0.3 is 30.2 Å². The van der Waals surface area contributed by atoms with Crippen molar-refractivity contribution in [2.24, 2.45) is 0 Å². The van der Waals surface area contributed by atoms with E-state index in [-0.39, 0.29) is 30.3 Å². The number of benzene rings is 2. The number of nitriles is 1. The highest BCUT2D eigenvalue weighted by molar-refractivity contribution is 5.95. The predicted octanol–water partition coefficient (Wildman–Crippen LogP) is 0.560. The Morgan fingerprint density at radius 2 is 1.56 bits per heavy atom. The number of tetrazole rings is 1. The predicted molar refractivity (Wildman–Crippen MR) is 184 cm³/mol. The molecule has 0 bridgehead atoms. The Balaban J connectivity index is 1.25. The minimum atomic E-state index is -0.890. The number of nitrogens with zero attached hydrogens (tertiary/aromatic N) is 8. The maximum absolute atomic E-state index is 13.7. The fourth-order valence-electron chi connectivity index (χ4n) is 8.09. The molecule has 14 heteroatoms. The lowest BCUT2D eigenvalue weighted by molar-refractivity contribution is -0.130. The van der Waals surface area contributed by atoms with E-state index in [0.29, 0.717) is 81.9 Å². The van der Waals surface area contributed by atoms with Crippen molar-refractivity contribution < 1.29 is 14.4 Å². The van der Waals surface area contributed by atoms with Gasteiger partial charge in [-0.05, 0) is 92.2 Å². The van der Waals surface area contributed by atoms with E-state index in [1.54, 1.807) is 4.90 Å². The Kier molecular flexibility index (Phi) is 9.89. The van der Waals surface area contributed by atoms with Crippen LogP contribution in [-0.4, -0.2) is 143 Å². The summed E-state index contributed by atoms with van der Waals surface area (Å²) in [6.07, 6.45) is 3.34. The van der Waals surface area contributed by atoms with E-state index in [0.717, 1.165) is 54.9 Å². The van der Waals surface area contributed by atoms with E-state index in [9.17, 15) is 19.6 Å². The second kappa shape index (κ2) is 14.6. The first-order chi connectivity index (χ1) is 24.4. The van der Waals surface area contributed by atoms with Gasteiger partial charge in [-0.2, -0.15) is 10.5 Å². The number of aryl methyl sites for hydroxylation is 2. The highest BCUT2D eigenvalue weighted by atomic mass is 16.2. The van der Waals surface area contributed by atoms with Crippen molar-refractivity contribution in [3.05, 3.63) is 75.6 Å². The molecule has 262 valence electrons. The number of nitrogens with one attached hydrogen (secondary N) is 3. The van der Waals surface area contributed by atoms with Crippen LogP contribution in [0.2, 0.25) is 0 Å². The molecule has 0 radical (unpaired) electrons. The number of fused-ring (bicyclic) bond motifs is 2. The summed E-state index contributed by atoms with van der Waals surface area (Å²) in [5, 5.41) is 32.0. The largest absolute Gasteiger partial charge is 0.336 e. The number of carbonyl (C=O) groups excluding carboxylic acids is 3. The SMILES string of the molecule is CN1CCN(C(=O)c2ccc3c(c2)CCc2cc(C(=O)N4CCNCC4)ccc2C3(CCNCC(=O)N2CCCC2C#N)c2nn[nH]n2)CC1. The van der Waals surface area contributed by atoms with Gasteiger partial charge in [0.25, 0.3) is 11.8 Å². The number of H-pyrrole nitrogens is 1. The Morgan fingerprint density at radius 1 is 0.920 bits per heavy atom. The molecule has 14 nitrogen and oxygen atoms in total. The molecule has 3 aromatic rings. The van der Waals surface area contributed by atoms with E-state index < -0.39 is 5.41 Å². The molecule has 7 rings (SSSR count). The van der Waals surface area contributed by atoms with E-state index in [1.165, 1.54) is 0 Å². The lowest BCUT2D eigenvalue weighted by Crippen LogP contribution is -2.47. The lowest BCUT2D eigenvalue weighted by atomic mass is 9.69. The molecule has 1 aromatic heterocycles. The monoisotopic (exact) mass is 679 g/mol. The van der Waals surface area contributed by atoms with Crippen molar-refractivity contribution in [3.63, 3.8) is 0 Å². The first-order valence-corrected chi connectivity index (χ1v) is 17.8. The average molecular weight is 680 g/mol. The van der Waals surface area contributed by atoms with Crippen LogP contribution >= 0.6 is 0 Å². The molecular formula is C36H45N11O3. The van der Waals surface area contributed by atoms with Crippen molar-refractivity contribution in [2.75, 3.05) is 79.0 Å². The van der Waals surface area contributed by atoms with Gasteiger partial charge in [-0.25, -0.2) is 0 Å². The summed E-state index contributed by atoms with van der Waals surface area (Å²) < 4.78 is 0.